The van der Waals surface area contributed by atoms with Crippen molar-refractivity contribution in [3.63, 3.8) is 0 Å². The lowest BCUT2D eigenvalue weighted by atomic mass is 10.2. The van der Waals surface area contributed by atoms with Crippen molar-refractivity contribution in [2.75, 3.05) is 13.2 Å². The molecular weight excluding hydrogens is 335 g/mol. The molecule has 0 bridgehead atoms. The summed E-state index contributed by atoms with van der Waals surface area (Å²) in [5, 5.41) is 5.14. The van der Waals surface area contributed by atoms with Crippen LogP contribution in [0.2, 0.25) is 0 Å². The second-order valence-electron chi connectivity index (χ2n) is 5.34. The van der Waals surface area contributed by atoms with E-state index in [2.05, 4.69) is 5.10 Å². The van der Waals surface area contributed by atoms with Gasteiger partial charge >= 0.3 is 7.60 Å². The summed E-state index contributed by atoms with van der Waals surface area (Å²) in [5.41, 5.74) is 2.35. The van der Waals surface area contributed by atoms with Gasteiger partial charge in [0.2, 0.25) is 0 Å². The normalized spacial score (nSPS) is 11.6. The first kappa shape index (κ1) is 17.6. The Hall–Kier alpha value is -2.20. The van der Waals surface area contributed by atoms with Gasteiger partial charge in [-0.2, -0.15) is 5.10 Å². The van der Waals surface area contributed by atoms with E-state index in [1.165, 1.54) is 0 Å². The molecule has 0 unspecified atom stereocenters. The van der Waals surface area contributed by atoms with Crippen LogP contribution in [0.5, 0.6) is 0 Å². The van der Waals surface area contributed by atoms with Crippen molar-refractivity contribution in [1.29, 1.82) is 0 Å². The van der Waals surface area contributed by atoms with Crippen molar-refractivity contribution in [2.45, 2.75) is 13.8 Å². The lowest BCUT2D eigenvalue weighted by Gasteiger charge is -2.16. The van der Waals surface area contributed by atoms with E-state index in [9.17, 15) is 4.57 Å². The number of para-hydroxylation sites is 1. The van der Waals surface area contributed by atoms with E-state index >= 15 is 0 Å². The molecule has 0 atom stereocenters. The summed E-state index contributed by atoms with van der Waals surface area (Å²) in [6.45, 7) is 4.19. The Labute approximate surface area is 147 Å². The quantitative estimate of drug-likeness (QED) is 0.588. The van der Waals surface area contributed by atoms with Crippen LogP contribution in [0.15, 0.2) is 66.9 Å². The van der Waals surface area contributed by atoms with Crippen LogP contribution in [-0.2, 0) is 13.6 Å². The Kier molecular flexibility index (Phi) is 5.49. The minimum atomic E-state index is -3.46. The summed E-state index contributed by atoms with van der Waals surface area (Å²) < 4.78 is 26.2. The highest BCUT2D eigenvalue weighted by molar-refractivity contribution is 7.62. The highest BCUT2D eigenvalue weighted by Gasteiger charge is 2.33. The number of hydrogen-bond acceptors (Lipinski definition) is 4. The molecule has 0 N–H and O–H groups in total. The SMILES string of the molecule is CCOP(=O)(OCC)c1cn(-c2ccccc2)nc1-c1ccccc1. The molecule has 0 amide bonds. The lowest BCUT2D eigenvalue weighted by Crippen LogP contribution is -2.11. The summed E-state index contributed by atoms with van der Waals surface area (Å²) in [5.74, 6) is 0. The van der Waals surface area contributed by atoms with Gasteiger partial charge in [-0.05, 0) is 26.0 Å². The molecule has 0 aliphatic heterocycles. The van der Waals surface area contributed by atoms with Crippen LogP contribution >= 0.6 is 7.60 Å². The number of aromatic nitrogens is 2. The Morgan fingerprint density at radius 2 is 1.48 bits per heavy atom. The summed E-state index contributed by atoms with van der Waals surface area (Å²) in [6, 6.07) is 19.3. The average Bonchev–Trinajstić information content (AvgIpc) is 3.10. The maximum Gasteiger partial charge on any atom is 0.365 e. The molecule has 25 heavy (non-hydrogen) atoms. The van der Waals surface area contributed by atoms with Gasteiger partial charge in [0.15, 0.2) is 0 Å². The molecule has 0 radical (unpaired) electrons. The predicted molar refractivity (Wildman–Crippen MR) is 99.5 cm³/mol. The van der Waals surface area contributed by atoms with Crippen molar-refractivity contribution >= 4 is 12.9 Å². The largest absolute Gasteiger partial charge is 0.365 e. The van der Waals surface area contributed by atoms with Crippen LogP contribution in [-0.4, -0.2) is 23.0 Å². The van der Waals surface area contributed by atoms with Crippen molar-refractivity contribution in [2.24, 2.45) is 0 Å². The monoisotopic (exact) mass is 356 g/mol. The van der Waals surface area contributed by atoms with Crippen molar-refractivity contribution in [1.82, 2.24) is 9.78 Å². The van der Waals surface area contributed by atoms with Crippen LogP contribution in [0.1, 0.15) is 13.8 Å². The first-order chi connectivity index (χ1) is 12.2. The lowest BCUT2D eigenvalue weighted by molar-refractivity contribution is 0.230. The molecule has 0 fully saturated rings. The molecule has 0 saturated carbocycles. The van der Waals surface area contributed by atoms with Gasteiger partial charge in [-0.15, -0.1) is 0 Å². The highest BCUT2D eigenvalue weighted by atomic mass is 31.2. The van der Waals surface area contributed by atoms with Crippen molar-refractivity contribution < 1.29 is 13.6 Å². The molecule has 0 aliphatic carbocycles. The molecule has 1 aromatic heterocycles. The van der Waals surface area contributed by atoms with Crippen LogP contribution in [0.4, 0.5) is 0 Å². The van der Waals surface area contributed by atoms with Crippen molar-refractivity contribution in [3.05, 3.63) is 66.9 Å². The van der Waals surface area contributed by atoms with E-state index in [1.807, 2.05) is 60.7 Å². The van der Waals surface area contributed by atoms with Crippen molar-refractivity contribution in [3.8, 4) is 16.9 Å². The zero-order chi connectivity index (χ0) is 17.7. The third kappa shape index (κ3) is 3.74. The Balaban J connectivity index is 2.18. The van der Waals surface area contributed by atoms with E-state index in [0.717, 1.165) is 11.3 Å². The third-order valence-electron chi connectivity index (χ3n) is 3.66. The maximum absolute atomic E-state index is 13.4. The fourth-order valence-electron chi connectivity index (χ4n) is 2.60. The van der Waals surface area contributed by atoms with Gasteiger partial charge in [0.25, 0.3) is 0 Å². The first-order valence-electron chi connectivity index (χ1n) is 8.28. The number of nitrogens with zero attached hydrogens (tertiary/aromatic N) is 2. The summed E-state index contributed by atoms with van der Waals surface area (Å²) >= 11 is 0. The fourth-order valence-corrected chi connectivity index (χ4v) is 4.31. The molecule has 2 aromatic carbocycles. The fraction of sp³-hybridized carbons (Fsp3) is 0.211. The minimum Gasteiger partial charge on any atom is -0.305 e. The molecule has 5 nitrogen and oxygen atoms in total. The van der Waals surface area contributed by atoms with Crippen LogP contribution in [0.25, 0.3) is 16.9 Å². The zero-order valence-electron chi connectivity index (χ0n) is 14.3. The highest BCUT2D eigenvalue weighted by Crippen LogP contribution is 2.49. The summed E-state index contributed by atoms with van der Waals surface area (Å²) in [4.78, 5) is 0. The van der Waals surface area contributed by atoms with Gasteiger partial charge in [-0.3, -0.25) is 4.57 Å². The molecule has 0 saturated heterocycles. The molecule has 3 rings (SSSR count). The Morgan fingerprint density at radius 3 is 2.04 bits per heavy atom. The molecule has 130 valence electrons. The van der Waals surface area contributed by atoms with Gasteiger partial charge in [0.05, 0.1) is 18.9 Å². The van der Waals surface area contributed by atoms with E-state index in [1.54, 1.807) is 24.7 Å². The van der Waals surface area contributed by atoms with Gasteiger partial charge in [-0.25, -0.2) is 4.68 Å². The first-order valence-corrected chi connectivity index (χ1v) is 9.82. The van der Waals surface area contributed by atoms with Crippen LogP contribution in [0.3, 0.4) is 0 Å². The van der Waals surface area contributed by atoms with Crippen LogP contribution in [0, 0.1) is 0 Å². The molecule has 3 aromatic rings. The van der Waals surface area contributed by atoms with E-state index < -0.39 is 7.60 Å². The zero-order valence-corrected chi connectivity index (χ0v) is 15.2. The van der Waals surface area contributed by atoms with E-state index in [0.29, 0.717) is 24.2 Å². The topological polar surface area (TPSA) is 53.4 Å². The van der Waals surface area contributed by atoms with Gasteiger partial charge in [-0.1, -0.05) is 48.5 Å². The minimum absolute atomic E-state index is 0.294. The number of benzene rings is 2. The number of rotatable bonds is 7. The van der Waals surface area contributed by atoms with Crippen LogP contribution < -0.4 is 5.30 Å². The maximum atomic E-state index is 13.4. The molecular formula is C19H21N2O3P. The molecule has 1 heterocycles. The molecule has 6 heteroatoms. The van der Waals surface area contributed by atoms with Gasteiger partial charge < -0.3 is 9.05 Å². The Bertz CT molecular complexity index is 853. The average molecular weight is 356 g/mol. The third-order valence-corrected chi connectivity index (χ3v) is 5.77. The second kappa shape index (κ2) is 7.79. The standard InChI is InChI=1S/C19H21N2O3P/c1-3-23-25(22,24-4-2)18-15-21(17-13-9-6-10-14-17)20-19(18)16-11-7-5-8-12-16/h5-15H,3-4H2,1-2H3. The second-order valence-corrected chi connectivity index (χ2v) is 7.34. The number of hydrogen-bond donors (Lipinski definition) is 0. The van der Waals surface area contributed by atoms with E-state index in [4.69, 9.17) is 9.05 Å². The summed E-state index contributed by atoms with van der Waals surface area (Å²) in [6.07, 6.45) is 1.74. The smallest absolute Gasteiger partial charge is 0.305 e. The molecule has 0 spiro atoms. The van der Waals surface area contributed by atoms with E-state index in [-0.39, 0.29) is 0 Å². The summed E-state index contributed by atoms with van der Waals surface area (Å²) in [7, 11) is -3.46. The predicted octanol–water partition coefficient (Wildman–Crippen LogP) is 4.43. The Morgan fingerprint density at radius 1 is 0.920 bits per heavy atom. The van der Waals surface area contributed by atoms with Gasteiger partial charge in [0.1, 0.15) is 11.0 Å². The van der Waals surface area contributed by atoms with Gasteiger partial charge in [0, 0.05) is 11.8 Å². The molecule has 0 aliphatic rings.